The Kier molecular flexibility index (Phi) is 14.6. The molecule has 0 unspecified atom stereocenters. The van der Waals surface area contributed by atoms with Crippen LogP contribution in [0.1, 0.15) is 64.9 Å². The molecule has 12 nitrogen and oxygen atoms in total. The smallest absolute Gasteiger partial charge is 0.417 e. The Bertz CT molecular complexity index is 2210. The van der Waals surface area contributed by atoms with Crippen molar-refractivity contribution >= 4 is 17.8 Å². The average Bonchev–Trinajstić information content (AvgIpc) is 3.86. The predicted molar refractivity (Wildman–Crippen MR) is 225 cm³/mol. The van der Waals surface area contributed by atoms with Crippen molar-refractivity contribution in [2.75, 3.05) is 20.3 Å². The highest BCUT2D eigenvalue weighted by atomic mass is 16.7. The molecule has 5 aromatic rings. The van der Waals surface area contributed by atoms with Crippen molar-refractivity contribution in [1.29, 1.82) is 0 Å². The second-order valence-electron chi connectivity index (χ2n) is 15.5. The average molecular weight is 832 g/mol. The Hall–Kier alpha value is -5.47. The van der Waals surface area contributed by atoms with Gasteiger partial charge in [0.1, 0.15) is 42.2 Å². The number of benzene rings is 4. The molecule has 12 heteroatoms. The van der Waals surface area contributed by atoms with Gasteiger partial charge in [0.15, 0.2) is 12.1 Å². The van der Waals surface area contributed by atoms with E-state index >= 15 is 0 Å². The van der Waals surface area contributed by atoms with E-state index in [0.717, 1.165) is 32.7 Å². The second-order valence-corrected chi connectivity index (χ2v) is 15.5. The Morgan fingerprint density at radius 3 is 2.07 bits per heavy atom. The molecule has 61 heavy (non-hydrogen) atoms. The third-order valence-electron chi connectivity index (χ3n) is 11.2. The lowest BCUT2D eigenvalue weighted by atomic mass is 9.97. The van der Waals surface area contributed by atoms with Gasteiger partial charge in [-0.25, -0.2) is 9.69 Å². The maximum atomic E-state index is 14.0. The fraction of sp³-hybridized carbons (Fsp3) is 0.367. The van der Waals surface area contributed by atoms with Crippen LogP contribution in [0.5, 0.6) is 0 Å². The molecule has 7 rings (SSSR count). The van der Waals surface area contributed by atoms with Crippen LogP contribution in [-0.2, 0) is 52.9 Å². The number of Topliss-reactive ketones (excluding diaryl/α,β-unsaturated/α-hetero) is 1. The van der Waals surface area contributed by atoms with Gasteiger partial charge in [-0.3, -0.25) is 9.59 Å². The zero-order chi connectivity index (χ0) is 42.9. The molecule has 1 N–H and O–H groups in total. The molecule has 1 aromatic heterocycles. The van der Waals surface area contributed by atoms with Crippen molar-refractivity contribution in [3.63, 3.8) is 0 Å². The molecule has 3 heterocycles. The van der Waals surface area contributed by atoms with Crippen LogP contribution in [0.3, 0.4) is 0 Å². The molecule has 8 atom stereocenters. The first-order valence-corrected chi connectivity index (χ1v) is 20.7. The van der Waals surface area contributed by atoms with Crippen LogP contribution in [-0.4, -0.2) is 84.9 Å². The predicted octanol–water partition coefficient (Wildman–Crippen LogP) is 8.03. The second kappa shape index (κ2) is 20.4. The molecule has 320 valence electrons. The molecule has 0 saturated carbocycles. The quantitative estimate of drug-likeness (QED) is 0.0521. The molecule has 2 aliphatic heterocycles. The number of methoxy groups -OCH3 is 1. The van der Waals surface area contributed by atoms with Crippen molar-refractivity contribution in [2.45, 2.75) is 89.7 Å². The van der Waals surface area contributed by atoms with Gasteiger partial charge in [0.2, 0.25) is 11.7 Å². The highest BCUT2D eigenvalue weighted by molar-refractivity contribution is 6.12. The maximum Gasteiger partial charge on any atom is 0.417 e. The number of carbonyl (C=O) groups excluding carboxylic acids is 3. The summed E-state index contributed by atoms with van der Waals surface area (Å²) in [5, 5.41) is 10.4. The van der Waals surface area contributed by atoms with Gasteiger partial charge in [-0.2, -0.15) is 0 Å². The molecule has 0 bridgehead atoms. The van der Waals surface area contributed by atoms with Crippen LogP contribution in [0.4, 0.5) is 4.79 Å². The van der Waals surface area contributed by atoms with Crippen LogP contribution >= 0.6 is 0 Å². The Morgan fingerprint density at radius 1 is 0.803 bits per heavy atom. The van der Waals surface area contributed by atoms with Crippen molar-refractivity contribution in [3.05, 3.63) is 155 Å². The van der Waals surface area contributed by atoms with Gasteiger partial charge >= 0.3 is 6.09 Å². The van der Waals surface area contributed by atoms with E-state index in [1.807, 2.05) is 122 Å². The minimum Gasteiger partial charge on any atom is -0.457 e. The number of carbonyl (C=O) groups is 3. The summed E-state index contributed by atoms with van der Waals surface area (Å²) in [4.78, 5) is 41.8. The summed E-state index contributed by atoms with van der Waals surface area (Å²) in [5.74, 6) is -1.88. The Balaban J connectivity index is 1.08. The summed E-state index contributed by atoms with van der Waals surface area (Å²) in [6.45, 7) is 5.62. The summed E-state index contributed by atoms with van der Waals surface area (Å²) >= 11 is 0. The maximum absolute atomic E-state index is 14.0. The van der Waals surface area contributed by atoms with E-state index in [4.69, 9.17) is 32.8 Å². The SMILES string of the molecule is CO[C@H]1O[C@H](CO)[C@@H](OCc2ccccc2)[C@H](OCc2ccccc2)[C@@H]1OCCCc1oc(C(=O)[C@H](C)C(=O)N2C(=O)O[C@H](c3ccccc3)[C@@H]2C)cc1-c1cccc(C)c1. The summed E-state index contributed by atoms with van der Waals surface area (Å²) < 4.78 is 43.4. The van der Waals surface area contributed by atoms with E-state index in [2.05, 4.69) is 0 Å². The monoisotopic (exact) mass is 831 g/mol. The topological polar surface area (TPSA) is 143 Å². The minimum absolute atomic E-state index is 0.0102. The molecule has 0 radical (unpaired) electrons. The van der Waals surface area contributed by atoms with E-state index in [-0.39, 0.29) is 32.2 Å². The van der Waals surface area contributed by atoms with Gasteiger partial charge in [0, 0.05) is 25.7 Å². The summed E-state index contributed by atoms with van der Waals surface area (Å²) in [6, 6.07) is 37.6. The zero-order valence-electron chi connectivity index (χ0n) is 34.9. The van der Waals surface area contributed by atoms with Crippen molar-refractivity contribution < 1.29 is 52.3 Å². The molecule has 0 aliphatic carbocycles. The van der Waals surface area contributed by atoms with E-state index in [1.54, 1.807) is 13.0 Å². The number of aliphatic hydroxyl groups excluding tert-OH is 1. The number of aryl methyl sites for hydroxylation is 2. The normalized spacial score (nSPS) is 23.1. The third-order valence-corrected chi connectivity index (χ3v) is 11.2. The zero-order valence-corrected chi connectivity index (χ0v) is 34.9. The lowest BCUT2D eigenvalue weighted by Crippen LogP contribution is -2.61. The van der Waals surface area contributed by atoms with E-state index in [9.17, 15) is 19.5 Å². The number of rotatable bonds is 18. The van der Waals surface area contributed by atoms with Crippen LogP contribution in [0.2, 0.25) is 0 Å². The van der Waals surface area contributed by atoms with Gasteiger partial charge in [0.25, 0.3) is 0 Å². The van der Waals surface area contributed by atoms with Gasteiger partial charge in [-0.15, -0.1) is 0 Å². The third kappa shape index (κ3) is 10.2. The number of nitrogens with zero attached hydrogens (tertiary/aromatic N) is 1. The van der Waals surface area contributed by atoms with Crippen molar-refractivity contribution in [3.8, 4) is 11.1 Å². The summed E-state index contributed by atoms with van der Waals surface area (Å²) in [7, 11) is 1.52. The summed E-state index contributed by atoms with van der Waals surface area (Å²) in [6.07, 6.45) is -4.35. The Morgan fingerprint density at radius 2 is 1.44 bits per heavy atom. The van der Waals surface area contributed by atoms with E-state index in [0.29, 0.717) is 24.2 Å². The molecule has 0 spiro atoms. The van der Waals surface area contributed by atoms with Crippen molar-refractivity contribution in [1.82, 2.24) is 4.90 Å². The van der Waals surface area contributed by atoms with Crippen LogP contribution < -0.4 is 0 Å². The number of hydrogen-bond acceptors (Lipinski definition) is 11. The summed E-state index contributed by atoms with van der Waals surface area (Å²) in [5.41, 5.74) is 5.26. The molecule has 4 aromatic carbocycles. The number of hydrogen-bond donors (Lipinski definition) is 1. The molecule has 2 amide bonds. The number of imide groups is 1. The van der Waals surface area contributed by atoms with E-state index in [1.165, 1.54) is 14.0 Å². The van der Waals surface area contributed by atoms with Crippen molar-refractivity contribution in [2.24, 2.45) is 5.92 Å². The van der Waals surface area contributed by atoms with Gasteiger partial charge < -0.3 is 37.9 Å². The number of ether oxygens (including phenoxy) is 6. The lowest BCUT2D eigenvalue weighted by Gasteiger charge is -2.45. The van der Waals surface area contributed by atoms with Crippen LogP contribution in [0.25, 0.3) is 11.1 Å². The lowest BCUT2D eigenvalue weighted by molar-refractivity contribution is -0.319. The number of furan rings is 1. The van der Waals surface area contributed by atoms with Gasteiger partial charge in [-0.05, 0) is 55.5 Å². The number of aliphatic hydroxyl groups is 1. The molecular formula is C49H53NO11. The largest absolute Gasteiger partial charge is 0.457 e. The van der Waals surface area contributed by atoms with Crippen LogP contribution in [0, 0.1) is 12.8 Å². The standard InChI is InChI=1S/C49H53NO11/c1-31-16-14-23-37(26-31)38-27-40(42(52)32(2)47(53)50-33(3)43(61-49(50)54)36-21-12-7-13-22-36)59-39(38)24-15-25-56-46-45(58-30-35-19-10-6-11-20-35)44(41(28-51)60-48(46)55-4)57-29-34-17-8-5-9-18-34/h5-14,16-23,26-27,32-33,41,43-46,48,51H,15,24-25,28-30H2,1-4H3/t32-,33-,41+,43-,44+,45-,46-,48-/m0/s1. The fourth-order valence-electron chi connectivity index (χ4n) is 7.94. The Labute approximate surface area is 356 Å². The fourth-order valence-corrected chi connectivity index (χ4v) is 7.94. The van der Waals surface area contributed by atoms with Crippen LogP contribution in [0.15, 0.2) is 126 Å². The number of ketones is 1. The molecule has 2 fully saturated rings. The van der Waals surface area contributed by atoms with Gasteiger partial charge in [0.05, 0.1) is 25.9 Å². The first-order chi connectivity index (χ1) is 29.7. The highest BCUT2D eigenvalue weighted by Crippen LogP contribution is 2.36. The molecular weight excluding hydrogens is 779 g/mol. The molecule has 2 aliphatic rings. The van der Waals surface area contributed by atoms with E-state index < -0.39 is 66.6 Å². The molecule has 2 saturated heterocycles. The first kappa shape index (κ1) is 43.6. The minimum atomic E-state index is -1.22. The van der Waals surface area contributed by atoms with Gasteiger partial charge in [-0.1, -0.05) is 121 Å². The number of amides is 2. The number of cyclic esters (lactones) is 1. The first-order valence-electron chi connectivity index (χ1n) is 20.7. The highest BCUT2D eigenvalue weighted by Gasteiger charge is 2.49.